The van der Waals surface area contributed by atoms with Crippen LogP contribution < -0.4 is 10.1 Å². The summed E-state index contributed by atoms with van der Waals surface area (Å²) in [5.41, 5.74) is 1.68. The molecular weight excluding hydrogens is 392 g/mol. The monoisotopic (exact) mass is 408 g/mol. The Kier molecular flexibility index (Phi) is 5.01. The van der Waals surface area contributed by atoms with Gasteiger partial charge in [-0.25, -0.2) is 9.78 Å². The maximum Gasteiger partial charge on any atom is 0.339 e. The second-order valence-electron chi connectivity index (χ2n) is 6.08. The van der Waals surface area contributed by atoms with Crippen molar-refractivity contribution in [3.05, 3.63) is 65.4 Å². The molecule has 8 heteroatoms. The number of thiophene rings is 1. The number of para-hydroxylation sites is 1. The number of hydrogen-bond donors (Lipinski definition) is 2. The van der Waals surface area contributed by atoms with Crippen LogP contribution >= 0.6 is 11.3 Å². The number of pyridine rings is 1. The number of anilines is 1. The zero-order chi connectivity index (χ0) is 20.4. The minimum atomic E-state index is -1.14. The largest absolute Gasteiger partial charge is 0.478 e. The highest BCUT2D eigenvalue weighted by atomic mass is 32.1. The molecule has 4 aromatic rings. The number of aromatic carboxylic acids is 1. The van der Waals surface area contributed by atoms with Crippen LogP contribution in [0, 0.1) is 0 Å². The quantitative estimate of drug-likeness (QED) is 0.470. The third-order valence-corrected chi connectivity index (χ3v) is 5.12. The van der Waals surface area contributed by atoms with Gasteiger partial charge in [-0.3, -0.25) is 4.79 Å². The number of ether oxygens (including phenoxy) is 1. The summed E-state index contributed by atoms with van der Waals surface area (Å²) in [5, 5.41) is 15.1. The van der Waals surface area contributed by atoms with Crippen molar-refractivity contribution in [2.75, 3.05) is 11.9 Å². The molecule has 29 heavy (non-hydrogen) atoms. The number of carbonyl (C=O) groups is 2. The second kappa shape index (κ2) is 7.76. The lowest BCUT2D eigenvalue weighted by Gasteiger charge is -2.06. The molecule has 1 amide bonds. The fourth-order valence-electron chi connectivity index (χ4n) is 2.91. The van der Waals surface area contributed by atoms with Crippen LogP contribution in [0.1, 0.15) is 27.8 Å². The molecule has 3 heterocycles. The van der Waals surface area contributed by atoms with Crippen molar-refractivity contribution >= 4 is 39.2 Å². The fourth-order valence-corrected chi connectivity index (χ4v) is 3.86. The van der Waals surface area contributed by atoms with E-state index < -0.39 is 11.9 Å². The first kappa shape index (κ1) is 18.7. The van der Waals surface area contributed by atoms with Crippen molar-refractivity contribution in [1.82, 2.24) is 4.98 Å². The Labute approximate surface area is 169 Å². The molecular formula is C21H16N2O5S. The Hall–Kier alpha value is -3.65. The molecule has 0 spiro atoms. The first-order valence-electron chi connectivity index (χ1n) is 8.80. The molecule has 1 aromatic carbocycles. The molecule has 0 radical (unpaired) electrons. The molecule has 0 saturated carbocycles. The minimum Gasteiger partial charge on any atom is -0.478 e. The standard InChI is InChI=1S/C21H16N2O5S/c1-2-27-17-8-7-13(10-22-17)14-11-29-20(18(14)21(25)26)23-19(24)16-9-12-5-3-4-6-15(12)28-16/h3-11H,2H2,1H3,(H,23,24)(H,25,26). The second-order valence-corrected chi connectivity index (χ2v) is 6.96. The van der Waals surface area contributed by atoms with Crippen LogP contribution in [0.15, 0.2) is 58.5 Å². The number of furan rings is 1. The van der Waals surface area contributed by atoms with E-state index in [4.69, 9.17) is 9.15 Å². The molecule has 146 valence electrons. The zero-order valence-electron chi connectivity index (χ0n) is 15.3. The number of carboxylic acid groups (broad SMARTS) is 1. The van der Waals surface area contributed by atoms with E-state index in [0.29, 0.717) is 29.2 Å². The van der Waals surface area contributed by atoms with Gasteiger partial charge in [-0.05, 0) is 25.1 Å². The molecule has 0 unspecified atom stereocenters. The molecule has 0 atom stereocenters. The average molecular weight is 408 g/mol. The maximum atomic E-state index is 12.6. The van der Waals surface area contributed by atoms with Gasteiger partial charge in [0.1, 0.15) is 16.1 Å². The fraction of sp³-hybridized carbons (Fsp3) is 0.0952. The molecule has 0 aliphatic heterocycles. The Morgan fingerprint density at radius 2 is 2.07 bits per heavy atom. The van der Waals surface area contributed by atoms with Crippen LogP contribution in [0.4, 0.5) is 5.00 Å². The van der Waals surface area contributed by atoms with E-state index in [1.165, 1.54) is 0 Å². The lowest BCUT2D eigenvalue weighted by molar-refractivity contribution is 0.0699. The summed E-state index contributed by atoms with van der Waals surface area (Å²) >= 11 is 1.13. The highest BCUT2D eigenvalue weighted by Gasteiger charge is 2.23. The molecule has 4 rings (SSSR count). The third kappa shape index (κ3) is 3.70. The highest BCUT2D eigenvalue weighted by Crippen LogP contribution is 2.36. The first-order valence-corrected chi connectivity index (χ1v) is 9.68. The predicted molar refractivity (Wildman–Crippen MR) is 110 cm³/mol. The van der Waals surface area contributed by atoms with E-state index in [1.807, 2.05) is 25.1 Å². The van der Waals surface area contributed by atoms with Gasteiger partial charge in [0.2, 0.25) is 5.88 Å². The van der Waals surface area contributed by atoms with Gasteiger partial charge >= 0.3 is 5.97 Å². The Bertz CT molecular complexity index is 1160. The van der Waals surface area contributed by atoms with Crippen LogP contribution in [0.3, 0.4) is 0 Å². The molecule has 0 aliphatic carbocycles. The summed E-state index contributed by atoms with van der Waals surface area (Å²) in [5.74, 6) is -1.08. The van der Waals surface area contributed by atoms with E-state index in [1.54, 1.807) is 35.8 Å². The number of amides is 1. The highest BCUT2D eigenvalue weighted by molar-refractivity contribution is 7.15. The van der Waals surface area contributed by atoms with Gasteiger partial charge in [0.25, 0.3) is 5.91 Å². The molecule has 0 aliphatic rings. The lowest BCUT2D eigenvalue weighted by atomic mass is 10.1. The third-order valence-electron chi connectivity index (χ3n) is 4.22. The van der Waals surface area contributed by atoms with Crippen molar-refractivity contribution in [3.63, 3.8) is 0 Å². The van der Waals surface area contributed by atoms with Crippen LogP contribution in [0.25, 0.3) is 22.1 Å². The average Bonchev–Trinajstić information content (AvgIpc) is 3.33. The summed E-state index contributed by atoms with van der Waals surface area (Å²) in [4.78, 5) is 28.7. The van der Waals surface area contributed by atoms with Crippen LogP contribution in [0.2, 0.25) is 0 Å². The van der Waals surface area contributed by atoms with Gasteiger partial charge in [-0.2, -0.15) is 0 Å². The van der Waals surface area contributed by atoms with E-state index in [-0.39, 0.29) is 16.3 Å². The van der Waals surface area contributed by atoms with Crippen LogP contribution in [-0.4, -0.2) is 28.6 Å². The van der Waals surface area contributed by atoms with Gasteiger partial charge in [0.05, 0.1) is 6.61 Å². The Balaban J connectivity index is 1.64. The molecule has 0 fully saturated rings. The van der Waals surface area contributed by atoms with Crippen molar-refractivity contribution < 1.29 is 23.8 Å². The minimum absolute atomic E-state index is 0.00502. The van der Waals surface area contributed by atoms with E-state index >= 15 is 0 Å². The maximum absolute atomic E-state index is 12.6. The molecule has 2 N–H and O–H groups in total. The molecule has 7 nitrogen and oxygen atoms in total. The van der Waals surface area contributed by atoms with Crippen molar-refractivity contribution in [2.45, 2.75) is 6.92 Å². The number of carbonyl (C=O) groups excluding carboxylic acids is 1. The van der Waals surface area contributed by atoms with Gasteiger partial charge < -0.3 is 19.6 Å². The first-order chi connectivity index (χ1) is 14.1. The summed E-state index contributed by atoms with van der Waals surface area (Å²) in [6, 6.07) is 12.3. The summed E-state index contributed by atoms with van der Waals surface area (Å²) in [6.07, 6.45) is 1.55. The normalized spacial score (nSPS) is 10.8. The SMILES string of the molecule is CCOc1ccc(-c2csc(NC(=O)c3cc4ccccc4o3)c2C(=O)O)cn1. The van der Waals surface area contributed by atoms with Crippen LogP contribution in [0.5, 0.6) is 5.88 Å². The van der Waals surface area contributed by atoms with Crippen molar-refractivity contribution in [1.29, 1.82) is 0 Å². The number of hydrogen-bond acceptors (Lipinski definition) is 6. The van der Waals surface area contributed by atoms with Gasteiger partial charge in [-0.15, -0.1) is 11.3 Å². The van der Waals surface area contributed by atoms with Crippen molar-refractivity contribution in [3.8, 4) is 17.0 Å². The summed E-state index contributed by atoms with van der Waals surface area (Å²) in [6.45, 7) is 2.34. The zero-order valence-corrected chi connectivity index (χ0v) is 16.2. The molecule has 0 saturated heterocycles. The van der Waals surface area contributed by atoms with Gasteiger partial charge in [-0.1, -0.05) is 18.2 Å². The Morgan fingerprint density at radius 3 is 2.76 bits per heavy atom. The molecule has 0 bridgehead atoms. The van der Waals surface area contributed by atoms with Gasteiger partial charge in [0.15, 0.2) is 5.76 Å². The predicted octanol–water partition coefficient (Wildman–Crippen LogP) is 4.91. The van der Waals surface area contributed by atoms with Crippen LogP contribution in [-0.2, 0) is 0 Å². The summed E-state index contributed by atoms with van der Waals surface area (Å²) in [7, 11) is 0. The number of fused-ring (bicyclic) bond motifs is 1. The number of rotatable bonds is 6. The lowest BCUT2D eigenvalue weighted by Crippen LogP contribution is -2.12. The van der Waals surface area contributed by atoms with E-state index in [9.17, 15) is 14.7 Å². The van der Waals surface area contributed by atoms with Gasteiger partial charge in [0, 0.05) is 34.2 Å². The number of carboxylic acids is 1. The molecule has 3 aromatic heterocycles. The smallest absolute Gasteiger partial charge is 0.339 e. The Morgan fingerprint density at radius 1 is 1.24 bits per heavy atom. The number of benzene rings is 1. The van der Waals surface area contributed by atoms with Crippen molar-refractivity contribution in [2.24, 2.45) is 0 Å². The van der Waals surface area contributed by atoms with E-state index in [2.05, 4.69) is 10.3 Å². The number of aromatic nitrogens is 1. The number of nitrogens with zero attached hydrogens (tertiary/aromatic N) is 1. The summed E-state index contributed by atoms with van der Waals surface area (Å²) < 4.78 is 10.9. The topological polar surface area (TPSA) is 102 Å². The van der Waals surface area contributed by atoms with E-state index in [0.717, 1.165) is 16.7 Å². The number of nitrogens with one attached hydrogen (secondary N) is 1.